The van der Waals surface area contributed by atoms with Crippen molar-refractivity contribution in [2.75, 3.05) is 6.61 Å². The van der Waals surface area contributed by atoms with E-state index in [4.69, 9.17) is 9.15 Å². The molecule has 1 aromatic carbocycles. The molecule has 2 heterocycles. The first-order valence-corrected chi connectivity index (χ1v) is 7.97. The number of carbonyl (C=O) groups excluding carboxylic acids is 1. The van der Waals surface area contributed by atoms with Crippen LogP contribution in [0.3, 0.4) is 0 Å². The number of nitrogens with one attached hydrogen (secondary N) is 1. The molecule has 3 rings (SSSR count). The van der Waals surface area contributed by atoms with Crippen LogP contribution in [-0.2, 0) is 11.2 Å². The number of rotatable bonds is 6. The molecule has 23 heavy (non-hydrogen) atoms. The maximum atomic E-state index is 12.3. The number of hydrogen-bond acceptors (Lipinski definition) is 4. The van der Waals surface area contributed by atoms with Crippen molar-refractivity contribution in [2.45, 2.75) is 33.1 Å². The monoisotopic (exact) mass is 312 g/mol. The summed E-state index contributed by atoms with van der Waals surface area (Å²) < 4.78 is 11.1. The molecule has 0 saturated heterocycles. The van der Waals surface area contributed by atoms with Gasteiger partial charge in [0.1, 0.15) is 0 Å². The summed E-state index contributed by atoms with van der Waals surface area (Å²) in [7, 11) is 0. The summed E-state index contributed by atoms with van der Waals surface area (Å²) in [5.74, 6) is 0.612. The fraction of sp³-hybridized carbons (Fsp3) is 0.333. The van der Waals surface area contributed by atoms with Gasteiger partial charge in [0, 0.05) is 29.1 Å². The van der Waals surface area contributed by atoms with Gasteiger partial charge in [0.05, 0.1) is 6.61 Å². The van der Waals surface area contributed by atoms with E-state index >= 15 is 0 Å². The highest BCUT2D eigenvalue weighted by Gasteiger charge is 2.24. The summed E-state index contributed by atoms with van der Waals surface area (Å²) in [4.78, 5) is 19.9. The predicted octanol–water partition coefficient (Wildman–Crippen LogP) is 4.34. The van der Waals surface area contributed by atoms with Gasteiger partial charge in [0.2, 0.25) is 0 Å². The molecule has 120 valence electrons. The van der Waals surface area contributed by atoms with Gasteiger partial charge in [-0.15, -0.1) is 0 Å². The Morgan fingerprint density at radius 3 is 2.87 bits per heavy atom. The third-order valence-corrected chi connectivity index (χ3v) is 3.60. The van der Waals surface area contributed by atoms with Crippen molar-refractivity contribution in [3.63, 3.8) is 0 Å². The Kier molecular flexibility index (Phi) is 4.46. The molecule has 5 nitrogen and oxygen atoms in total. The van der Waals surface area contributed by atoms with E-state index in [1.165, 1.54) is 0 Å². The Labute approximate surface area is 134 Å². The van der Waals surface area contributed by atoms with Crippen molar-refractivity contribution in [3.8, 4) is 11.3 Å². The maximum absolute atomic E-state index is 12.3. The molecule has 0 saturated carbocycles. The summed E-state index contributed by atoms with van der Waals surface area (Å²) in [5.41, 5.74) is 2.08. The molecule has 0 fully saturated rings. The number of benzene rings is 1. The van der Waals surface area contributed by atoms with Crippen molar-refractivity contribution in [1.82, 2.24) is 9.97 Å². The highest BCUT2D eigenvalue weighted by molar-refractivity contribution is 6.01. The molecule has 2 aromatic heterocycles. The van der Waals surface area contributed by atoms with Crippen LogP contribution in [0.15, 0.2) is 34.9 Å². The van der Waals surface area contributed by atoms with Crippen LogP contribution in [0.1, 0.15) is 43.1 Å². The normalized spacial score (nSPS) is 11.0. The Hall–Kier alpha value is -2.56. The van der Waals surface area contributed by atoms with E-state index in [0.29, 0.717) is 24.7 Å². The minimum Gasteiger partial charge on any atom is -0.461 e. The van der Waals surface area contributed by atoms with Crippen LogP contribution in [0.5, 0.6) is 0 Å². The SMILES string of the molecule is CCCOC(=O)c1nc(CCC)oc1-c1c[nH]c2ccccc12. The van der Waals surface area contributed by atoms with Gasteiger partial charge in [0.25, 0.3) is 0 Å². The third-order valence-electron chi connectivity index (χ3n) is 3.60. The summed E-state index contributed by atoms with van der Waals surface area (Å²) in [5, 5.41) is 0.997. The Bertz CT molecular complexity index is 817. The van der Waals surface area contributed by atoms with Crippen molar-refractivity contribution >= 4 is 16.9 Å². The van der Waals surface area contributed by atoms with Crippen LogP contribution in [0.25, 0.3) is 22.2 Å². The number of carbonyl (C=O) groups is 1. The number of para-hydroxylation sites is 1. The van der Waals surface area contributed by atoms with E-state index in [1.807, 2.05) is 44.3 Å². The molecule has 0 aliphatic rings. The van der Waals surface area contributed by atoms with Gasteiger partial charge in [-0.2, -0.15) is 0 Å². The van der Waals surface area contributed by atoms with Crippen LogP contribution in [-0.4, -0.2) is 22.5 Å². The van der Waals surface area contributed by atoms with E-state index in [2.05, 4.69) is 9.97 Å². The molecule has 0 aliphatic carbocycles. The molecule has 3 aromatic rings. The molecular weight excluding hydrogens is 292 g/mol. The second kappa shape index (κ2) is 6.69. The maximum Gasteiger partial charge on any atom is 0.361 e. The van der Waals surface area contributed by atoms with Crippen LogP contribution in [0, 0.1) is 0 Å². The fourth-order valence-electron chi connectivity index (χ4n) is 2.53. The van der Waals surface area contributed by atoms with E-state index in [1.54, 1.807) is 0 Å². The van der Waals surface area contributed by atoms with Crippen molar-refractivity contribution in [2.24, 2.45) is 0 Å². The highest BCUT2D eigenvalue weighted by atomic mass is 16.5. The molecule has 0 bridgehead atoms. The first kappa shape index (κ1) is 15.3. The summed E-state index contributed by atoms with van der Waals surface area (Å²) in [6.45, 7) is 4.38. The zero-order valence-corrected chi connectivity index (χ0v) is 13.4. The second-order valence-corrected chi connectivity index (χ2v) is 5.42. The lowest BCUT2D eigenvalue weighted by Crippen LogP contribution is -2.07. The summed E-state index contributed by atoms with van der Waals surface area (Å²) >= 11 is 0. The molecule has 0 amide bonds. The van der Waals surface area contributed by atoms with E-state index < -0.39 is 5.97 Å². The van der Waals surface area contributed by atoms with Crippen molar-refractivity contribution in [1.29, 1.82) is 0 Å². The van der Waals surface area contributed by atoms with Crippen LogP contribution >= 0.6 is 0 Å². The molecule has 0 spiro atoms. The van der Waals surface area contributed by atoms with Gasteiger partial charge < -0.3 is 14.1 Å². The fourth-order valence-corrected chi connectivity index (χ4v) is 2.53. The van der Waals surface area contributed by atoms with Gasteiger partial charge >= 0.3 is 5.97 Å². The Balaban J connectivity index is 2.07. The Morgan fingerprint density at radius 2 is 2.09 bits per heavy atom. The standard InChI is InChI=1S/C18H20N2O3/c1-3-7-15-20-16(18(21)22-10-4-2)17(23-15)13-11-19-14-9-6-5-8-12(13)14/h5-6,8-9,11,19H,3-4,7,10H2,1-2H3. The third kappa shape index (κ3) is 2.99. The zero-order chi connectivity index (χ0) is 16.2. The number of esters is 1. The van der Waals surface area contributed by atoms with Gasteiger partial charge in [-0.25, -0.2) is 9.78 Å². The Morgan fingerprint density at radius 1 is 1.26 bits per heavy atom. The van der Waals surface area contributed by atoms with Gasteiger partial charge in [-0.05, 0) is 18.9 Å². The van der Waals surface area contributed by atoms with E-state index in [9.17, 15) is 4.79 Å². The molecular formula is C18H20N2O3. The number of ether oxygens (including phenoxy) is 1. The van der Waals surface area contributed by atoms with Gasteiger partial charge in [-0.1, -0.05) is 32.0 Å². The minimum atomic E-state index is -0.432. The van der Waals surface area contributed by atoms with Crippen molar-refractivity contribution < 1.29 is 13.9 Å². The van der Waals surface area contributed by atoms with Crippen LogP contribution in [0.2, 0.25) is 0 Å². The molecule has 1 N–H and O–H groups in total. The zero-order valence-electron chi connectivity index (χ0n) is 13.4. The summed E-state index contributed by atoms with van der Waals surface area (Å²) in [6.07, 6.45) is 4.21. The number of hydrogen-bond donors (Lipinski definition) is 1. The first-order chi connectivity index (χ1) is 11.2. The molecule has 0 atom stereocenters. The average molecular weight is 312 g/mol. The predicted molar refractivity (Wildman–Crippen MR) is 88.4 cm³/mol. The topological polar surface area (TPSA) is 68.1 Å². The van der Waals surface area contributed by atoms with E-state index in [-0.39, 0.29) is 5.69 Å². The number of fused-ring (bicyclic) bond motifs is 1. The quantitative estimate of drug-likeness (QED) is 0.687. The molecule has 0 aliphatic heterocycles. The number of aryl methyl sites for hydroxylation is 1. The average Bonchev–Trinajstić information content (AvgIpc) is 3.16. The van der Waals surface area contributed by atoms with Crippen LogP contribution < -0.4 is 0 Å². The van der Waals surface area contributed by atoms with Crippen LogP contribution in [0.4, 0.5) is 0 Å². The van der Waals surface area contributed by atoms with E-state index in [0.717, 1.165) is 29.3 Å². The van der Waals surface area contributed by atoms with Gasteiger partial charge in [-0.3, -0.25) is 0 Å². The second-order valence-electron chi connectivity index (χ2n) is 5.42. The largest absolute Gasteiger partial charge is 0.461 e. The first-order valence-electron chi connectivity index (χ1n) is 7.97. The number of oxazole rings is 1. The molecule has 0 radical (unpaired) electrons. The highest BCUT2D eigenvalue weighted by Crippen LogP contribution is 2.32. The number of aromatic amines is 1. The summed E-state index contributed by atoms with van der Waals surface area (Å²) in [6, 6.07) is 7.89. The molecule has 5 heteroatoms. The lowest BCUT2D eigenvalue weighted by molar-refractivity contribution is 0.0499. The lowest BCUT2D eigenvalue weighted by Gasteiger charge is -2.01. The molecule has 0 unspecified atom stereocenters. The number of H-pyrrole nitrogens is 1. The number of nitrogens with zero attached hydrogens (tertiary/aromatic N) is 1. The lowest BCUT2D eigenvalue weighted by atomic mass is 10.1. The number of aromatic nitrogens is 2. The van der Waals surface area contributed by atoms with Crippen molar-refractivity contribution in [3.05, 3.63) is 42.0 Å². The minimum absolute atomic E-state index is 0.256. The van der Waals surface area contributed by atoms with Gasteiger partial charge in [0.15, 0.2) is 17.3 Å². The smallest absolute Gasteiger partial charge is 0.361 e.